The van der Waals surface area contributed by atoms with Gasteiger partial charge in [0.05, 0.1) is 23.6 Å². The summed E-state index contributed by atoms with van der Waals surface area (Å²) in [4.78, 5) is 30.7. The van der Waals surface area contributed by atoms with Gasteiger partial charge in [0.2, 0.25) is 0 Å². The molecule has 0 bridgehead atoms. The van der Waals surface area contributed by atoms with Gasteiger partial charge in [-0.15, -0.1) is 0 Å². The number of ether oxygens (including phenoxy) is 1. The van der Waals surface area contributed by atoms with Crippen LogP contribution in [0.2, 0.25) is 0 Å². The van der Waals surface area contributed by atoms with E-state index in [1.807, 2.05) is 17.5 Å². The second kappa shape index (κ2) is 8.08. The number of thiazole rings is 1. The van der Waals surface area contributed by atoms with Crippen molar-refractivity contribution in [2.24, 2.45) is 0 Å². The predicted octanol–water partition coefficient (Wildman–Crippen LogP) is 4.94. The molecule has 1 N–H and O–H groups in total. The van der Waals surface area contributed by atoms with Crippen molar-refractivity contribution in [2.75, 3.05) is 11.9 Å². The number of aromatic nitrogens is 2. The van der Waals surface area contributed by atoms with Crippen molar-refractivity contribution in [3.8, 4) is 11.3 Å². The maximum absolute atomic E-state index is 13.2. The molecule has 2 heterocycles. The van der Waals surface area contributed by atoms with Crippen LogP contribution in [-0.2, 0) is 4.74 Å². The van der Waals surface area contributed by atoms with E-state index in [9.17, 15) is 14.0 Å². The summed E-state index contributed by atoms with van der Waals surface area (Å²) in [5.41, 5.74) is 2.90. The second-order valence-electron chi connectivity index (χ2n) is 6.52. The molecule has 0 aliphatic carbocycles. The van der Waals surface area contributed by atoms with Gasteiger partial charge in [0.25, 0.3) is 5.91 Å². The maximum atomic E-state index is 13.2. The molecular formula is C22H18FN3O3S. The van der Waals surface area contributed by atoms with Crippen LogP contribution in [0.1, 0.15) is 32.6 Å². The number of nitrogens with zero attached hydrogens (tertiary/aromatic N) is 2. The van der Waals surface area contributed by atoms with Crippen molar-refractivity contribution in [3.63, 3.8) is 0 Å². The third kappa shape index (κ3) is 3.69. The normalized spacial score (nSPS) is 10.9. The number of benzene rings is 2. The van der Waals surface area contributed by atoms with Crippen molar-refractivity contribution in [1.29, 1.82) is 0 Å². The number of nitrogens with one attached hydrogen (secondary N) is 1. The summed E-state index contributed by atoms with van der Waals surface area (Å²) < 4.78 is 20.0. The van der Waals surface area contributed by atoms with Gasteiger partial charge in [0, 0.05) is 17.5 Å². The van der Waals surface area contributed by atoms with E-state index in [0.717, 1.165) is 11.3 Å². The molecule has 152 valence electrons. The van der Waals surface area contributed by atoms with Crippen LogP contribution in [0, 0.1) is 12.7 Å². The number of imidazole rings is 1. The van der Waals surface area contributed by atoms with Crippen molar-refractivity contribution in [3.05, 3.63) is 76.7 Å². The lowest BCUT2D eigenvalue weighted by atomic mass is 10.1. The topological polar surface area (TPSA) is 72.7 Å². The molecule has 0 atom stereocenters. The predicted molar refractivity (Wildman–Crippen MR) is 114 cm³/mol. The fourth-order valence-corrected chi connectivity index (χ4v) is 4.08. The van der Waals surface area contributed by atoms with Crippen LogP contribution in [0.25, 0.3) is 16.2 Å². The van der Waals surface area contributed by atoms with Crippen molar-refractivity contribution in [2.45, 2.75) is 13.8 Å². The van der Waals surface area contributed by atoms with Crippen molar-refractivity contribution >= 4 is 33.9 Å². The van der Waals surface area contributed by atoms with E-state index in [1.54, 1.807) is 43.3 Å². The van der Waals surface area contributed by atoms with Crippen molar-refractivity contribution in [1.82, 2.24) is 9.38 Å². The quantitative estimate of drug-likeness (QED) is 0.462. The van der Waals surface area contributed by atoms with E-state index in [0.29, 0.717) is 26.8 Å². The Bertz CT molecular complexity index is 1240. The average molecular weight is 423 g/mol. The number of hydrogen-bond acceptors (Lipinski definition) is 5. The van der Waals surface area contributed by atoms with Gasteiger partial charge in [0.1, 0.15) is 10.7 Å². The first-order chi connectivity index (χ1) is 14.5. The molecule has 1 amide bonds. The number of aryl methyl sites for hydroxylation is 1. The highest BCUT2D eigenvalue weighted by Gasteiger charge is 2.20. The number of amides is 1. The summed E-state index contributed by atoms with van der Waals surface area (Å²) in [6.07, 6.45) is 1.82. The van der Waals surface area contributed by atoms with Gasteiger partial charge in [-0.2, -0.15) is 0 Å². The lowest BCUT2D eigenvalue weighted by Gasteiger charge is -2.10. The van der Waals surface area contributed by atoms with Gasteiger partial charge in [0.15, 0.2) is 4.96 Å². The van der Waals surface area contributed by atoms with E-state index in [2.05, 4.69) is 10.3 Å². The maximum Gasteiger partial charge on any atom is 0.340 e. The Labute approximate surface area is 176 Å². The molecule has 8 heteroatoms. The number of halogens is 1. The van der Waals surface area contributed by atoms with E-state index < -0.39 is 5.97 Å². The summed E-state index contributed by atoms with van der Waals surface area (Å²) in [5.74, 6) is -1.13. The minimum Gasteiger partial charge on any atom is -0.462 e. The van der Waals surface area contributed by atoms with E-state index in [4.69, 9.17) is 4.74 Å². The first-order valence-corrected chi connectivity index (χ1v) is 10.1. The number of para-hydroxylation sites is 1. The Morgan fingerprint density at radius 2 is 1.90 bits per heavy atom. The zero-order chi connectivity index (χ0) is 21.3. The average Bonchev–Trinajstić information content (AvgIpc) is 3.28. The highest BCUT2D eigenvalue weighted by atomic mass is 32.1. The Kier molecular flexibility index (Phi) is 5.33. The third-order valence-corrected chi connectivity index (χ3v) is 5.73. The SMILES string of the molecule is CCOC(=O)c1ccccc1NC(=O)c1sc2nc(-c3ccc(F)cc3)cn2c1C. The molecule has 0 spiro atoms. The number of esters is 1. The Balaban J connectivity index is 1.62. The van der Waals surface area contributed by atoms with E-state index in [1.165, 1.54) is 23.5 Å². The largest absolute Gasteiger partial charge is 0.462 e. The molecule has 2 aromatic heterocycles. The zero-order valence-electron chi connectivity index (χ0n) is 16.3. The van der Waals surface area contributed by atoms with Crippen LogP contribution >= 0.6 is 11.3 Å². The summed E-state index contributed by atoms with van der Waals surface area (Å²) in [7, 11) is 0. The third-order valence-electron chi connectivity index (χ3n) is 4.57. The molecule has 0 fully saturated rings. The van der Waals surface area contributed by atoms with Crippen LogP contribution in [0.4, 0.5) is 10.1 Å². The van der Waals surface area contributed by atoms with Crippen LogP contribution < -0.4 is 5.32 Å². The van der Waals surface area contributed by atoms with E-state index >= 15 is 0 Å². The monoisotopic (exact) mass is 423 g/mol. The molecule has 2 aromatic carbocycles. The minimum atomic E-state index is -0.491. The van der Waals surface area contributed by atoms with Crippen LogP contribution in [0.15, 0.2) is 54.7 Å². The molecule has 0 saturated heterocycles. The standard InChI is InChI=1S/C22H18FN3O3S/c1-3-29-21(28)16-6-4-5-7-17(16)24-20(27)19-13(2)26-12-18(25-22(26)30-19)14-8-10-15(23)11-9-14/h4-12H,3H2,1-2H3,(H,24,27). The van der Waals surface area contributed by atoms with Gasteiger partial charge in [-0.25, -0.2) is 14.2 Å². The smallest absolute Gasteiger partial charge is 0.340 e. The first kappa shape index (κ1) is 19.8. The van der Waals surface area contributed by atoms with Crippen LogP contribution in [0.3, 0.4) is 0 Å². The minimum absolute atomic E-state index is 0.249. The summed E-state index contributed by atoms with van der Waals surface area (Å²) in [5, 5.41) is 2.80. The molecule has 4 rings (SSSR count). The summed E-state index contributed by atoms with van der Waals surface area (Å²) in [6, 6.07) is 12.8. The Morgan fingerprint density at radius 3 is 2.60 bits per heavy atom. The van der Waals surface area contributed by atoms with Gasteiger partial charge in [-0.1, -0.05) is 23.5 Å². The highest BCUT2D eigenvalue weighted by molar-refractivity contribution is 7.19. The highest BCUT2D eigenvalue weighted by Crippen LogP contribution is 2.28. The number of carbonyl (C=O) groups excluding carboxylic acids is 2. The van der Waals surface area contributed by atoms with Crippen LogP contribution in [0.5, 0.6) is 0 Å². The van der Waals surface area contributed by atoms with Gasteiger partial charge < -0.3 is 10.1 Å². The molecule has 0 aliphatic rings. The number of carbonyl (C=O) groups is 2. The summed E-state index contributed by atoms with van der Waals surface area (Å²) >= 11 is 1.24. The first-order valence-electron chi connectivity index (χ1n) is 9.30. The molecule has 0 aliphatic heterocycles. The Hall–Kier alpha value is -3.52. The van der Waals surface area contributed by atoms with Gasteiger partial charge >= 0.3 is 5.97 Å². The number of hydrogen-bond donors (Lipinski definition) is 1. The molecule has 30 heavy (non-hydrogen) atoms. The Morgan fingerprint density at radius 1 is 1.17 bits per heavy atom. The molecule has 4 aromatic rings. The lowest BCUT2D eigenvalue weighted by molar-refractivity contribution is 0.0527. The molecule has 0 unspecified atom stereocenters. The van der Waals surface area contributed by atoms with Crippen LogP contribution in [-0.4, -0.2) is 27.9 Å². The zero-order valence-corrected chi connectivity index (χ0v) is 17.1. The van der Waals surface area contributed by atoms with Gasteiger partial charge in [-0.05, 0) is 50.2 Å². The number of rotatable bonds is 5. The molecule has 0 radical (unpaired) electrons. The number of fused-ring (bicyclic) bond motifs is 1. The summed E-state index contributed by atoms with van der Waals surface area (Å²) in [6.45, 7) is 3.80. The fraction of sp³-hybridized carbons (Fsp3) is 0.136. The fourth-order valence-electron chi connectivity index (χ4n) is 3.08. The van der Waals surface area contributed by atoms with E-state index in [-0.39, 0.29) is 18.3 Å². The van der Waals surface area contributed by atoms with Gasteiger partial charge in [-0.3, -0.25) is 9.20 Å². The lowest BCUT2D eigenvalue weighted by Crippen LogP contribution is -2.16. The van der Waals surface area contributed by atoms with Crippen molar-refractivity contribution < 1.29 is 18.7 Å². The second-order valence-corrected chi connectivity index (χ2v) is 7.50. The molecule has 0 saturated carbocycles. The molecular weight excluding hydrogens is 405 g/mol. The molecule has 6 nitrogen and oxygen atoms in total. The number of anilines is 1.